The number of carbonyl (C=O) groups excluding carboxylic acids is 1. The Kier molecular flexibility index (Phi) is 5.61. The Labute approximate surface area is 187 Å². The number of hydrogen-bond acceptors (Lipinski definition) is 6. The van der Waals surface area contributed by atoms with Crippen LogP contribution in [-0.4, -0.2) is 54.9 Å². The topological polar surface area (TPSA) is 78.7 Å². The third-order valence-corrected chi connectivity index (χ3v) is 6.46. The van der Waals surface area contributed by atoms with Crippen LogP contribution in [0, 0.1) is 22.6 Å². The van der Waals surface area contributed by atoms with Gasteiger partial charge in [0.25, 0.3) is 0 Å². The molecule has 2 aliphatic heterocycles. The van der Waals surface area contributed by atoms with E-state index in [9.17, 15) is 14.4 Å². The second kappa shape index (κ2) is 8.12. The van der Waals surface area contributed by atoms with E-state index in [1.165, 1.54) is 13.2 Å². The number of amides is 1. The number of pyridine rings is 1. The molecule has 32 heavy (non-hydrogen) atoms. The number of aromatic nitrogens is 1. The lowest BCUT2D eigenvalue weighted by Gasteiger charge is -2.41. The Morgan fingerprint density at radius 1 is 1.22 bits per heavy atom. The van der Waals surface area contributed by atoms with Gasteiger partial charge >= 0.3 is 6.09 Å². The average molecular weight is 441 g/mol. The highest BCUT2D eigenvalue weighted by molar-refractivity contribution is 5.95. The second-order valence-electron chi connectivity index (χ2n) is 9.78. The number of halogens is 1. The molecule has 1 aromatic carbocycles. The minimum atomic E-state index is -0.510. The van der Waals surface area contributed by atoms with Crippen molar-refractivity contribution in [2.45, 2.75) is 45.6 Å². The van der Waals surface area contributed by atoms with Crippen molar-refractivity contribution in [3.63, 3.8) is 0 Å². The van der Waals surface area contributed by atoms with Crippen LogP contribution in [0.25, 0.3) is 10.9 Å². The molecule has 0 atom stereocenters. The Balaban J connectivity index is 1.54. The predicted octanol–water partition coefficient (Wildman–Crippen LogP) is 4.48. The summed E-state index contributed by atoms with van der Waals surface area (Å²) in [6, 6.07) is 5.18. The number of fused-ring (bicyclic) bond motifs is 1. The van der Waals surface area contributed by atoms with Gasteiger partial charge in [0.2, 0.25) is 0 Å². The molecule has 0 radical (unpaired) electrons. The zero-order valence-corrected chi connectivity index (χ0v) is 19.1. The molecule has 2 saturated heterocycles. The number of likely N-dealkylation sites (tertiary alicyclic amines) is 1. The molecular weight excluding hydrogens is 411 g/mol. The first-order chi connectivity index (χ1) is 15.1. The third kappa shape index (κ3) is 4.16. The molecule has 0 saturated carbocycles. The number of hydrogen-bond donors (Lipinski definition) is 0. The van der Waals surface area contributed by atoms with Crippen LogP contribution < -0.4 is 9.64 Å². The van der Waals surface area contributed by atoms with Gasteiger partial charge in [0.1, 0.15) is 11.7 Å². The zero-order valence-electron chi connectivity index (χ0n) is 19.1. The number of nitrogens with zero attached hydrogens (tertiary/aromatic N) is 4. The van der Waals surface area contributed by atoms with Crippen LogP contribution in [0.15, 0.2) is 18.3 Å². The first-order valence-electron chi connectivity index (χ1n) is 10.9. The maximum Gasteiger partial charge on any atom is 0.410 e. The number of methoxy groups -OCH3 is 1. The smallest absolute Gasteiger partial charge is 0.410 e. The van der Waals surface area contributed by atoms with Crippen molar-refractivity contribution < 1.29 is 18.7 Å². The zero-order chi connectivity index (χ0) is 23.1. The summed E-state index contributed by atoms with van der Waals surface area (Å²) in [7, 11) is 1.42. The summed E-state index contributed by atoms with van der Waals surface area (Å²) >= 11 is 0. The first kappa shape index (κ1) is 22.1. The normalized spacial score (nSPS) is 18.1. The Hall–Kier alpha value is -3.08. The maximum atomic E-state index is 14.5. The van der Waals surface area contributed by atoms with E-state index >= 15 is 0 Å². The Morgan fingerprint density at radius 2 is 1.91 bits per heavy atom. The molecule has 4 rings (SSSR count). The molecule has 170 valence electrons. The molecule has 0 N–H and O–H groups in total. The molecule has 1 aromatic heterocycles. The van der Waals surface area contributed by atoms with Gasteiger partial charge in [-0.2, -0.15) is 5.26 Å². The van der Waals surface area contributed by atoms with E-state index in [0.29, 0.717) is 29.6 Å². The molecule has 2 aliphatic rings. The maximum absolute atomic E-state index is 14.5. The van der Waals surface area contributed by atoms with Crippen molar-refractivity contribution in [1.29, 1.82) is 5.26 Å². The van der Waals surface area contributed by atoms with Gasteiger partial charge in [0.05, 0.1) is 23.9 Å². The van der Waals surface area contributed by atoms with Gasteiger partial charge in [-0.15, -0.1) is 0 Å². The van der Waals surface area contributed by atoms with E-state index in [2.05, 4.69) is 16.0 Å². The average Bonchev–Trinajstić information content (AvgIpc) is 3.16. The summed E-state index contributed by atoms with van der Waals surface area (Å²) in [4.78, 5) is 20.8. The van der Waals surface area contributed by atoms with Crippen molar-refractivity contribution in [3.05, 3.63) is 29.7 Å². The fourth-order valence-electron chi connectivity index (χ4n) is 4.79. The van der Waals surface area contributed by atoms with Crippen LogP contribution >= 0.6 is 0 Å². The second-order valence-corrected chi connectivity index (χ2v) is 9.78. The highest BCUT2D eigenvalue weighted by Gasteiger charge is 2.43. The Morgan fingerprint density at radius 3 is 2.53 bits per heavy atom. The van der Waals surface area contributed by atoms with E-state index in [1.54, 1.807) is 12.3 Å². The summed E-state index contributed by atoms with van der Waals surface area (Å²) in [5.41, 5.74) is 1.28. The van der Waals surface area contributed by atoms with E-state index in [-0.39, 0.29) is 17.3 Å². The number of ether oxygens (including phenoxy) is 2. The lowest BCUT2D eigenvalue weighted by atomic mass is 9.77. The summed E-state index contributed by atoms with van der Waals surface area (Å²) < 4.78 is 25.1. The number of piperidine rings is 1. The minimum absolute atomic E-state index is 0.0531. The van der Waals surface area contributed by atoms with Crippen LogP contribution in [0.2, 0.25) is 0 Å². The molecule has 7 nitrogen and oxygen atoms in total. The van der Waals surface area contributed by atoms with Gasteiger partial charge in [-0.3, -0.25) is 4.98 Å². The van der Waals surface area contributed by atoms with Crippen molar-refractivity contribution in [2.75, 3.05) is 38.2 Å². The standard InChI is InChI=1S/C24H29FN4O3/c1-23(2,3)32-22(30)29-10-7-24(15-29)5-8-28(9-6-24)21-16(13-26)14-27-19-12-20(31-4)18(25)11-17(19)21/h11-12,14H,5-10,15H2,1-4H3. The number of benzene rings is 1. The summed E-state index contributed by atoms with van der Waals surface area (Å²) in [6.07, 6.45) is 4.00. The summed E-state index contributed by atoms with van der Waals surface area (Å²) in [5, 5.41) is 10.3. The van der Waals surface area contributed by atoms with Gasteiger partial charge in [-0.1, -0.05) is 0 Å². The quantitative estimate of drug-likeness (QED) is 0.685. The lowest BCUT2D eigenvalue weighted by molar-refractivity contribution is 0.0266. The van der Waals surface area contributed by atoms with Gasteiger partial charge in [-0.25, -0.2) is 9.18 Å². The molecule has 0 aliphatic carbocycles. The van der Waals surface area contributed by atoms with Crippen molar-refractivity contribution in [3.8, 4) is 11.8 Å². The van der Waals surface area contributed by atoms with Crippen molar-refractivity contribution in [2.24, 2.45) is 5.41 Å². The molecule has 1 spiro atoms. The number of nitriles is 1. The molecule has 3 heterocycles. The van der Waals surface area contributed by atoms with Crippen molar-refractivity contribution in [1.82, 2.24) is 9.88 Å². The van der Waals surface area contributed by atoms with Gasteiger partial charge in [-0.05, 0) is 51.5 Å². The molecule has 0 unspecified atom stereocenters. The molecule has 0 bridgehead atoms. The summed E-state index contributed by atoms with van der Waals surface area (Å²) in [5.74, 6) is -0.346. The first-order valence-corrected chi connectivity index (χ1v) is 10.9. The minimum Gasteiger partial charge on any atom is -0.494 e. The number of carbonyl (C=O) groups is 1. The van der Waals surface area contributed by atoms with E-state index < -0.39 is 11.4 Å². The molecular formula is C24H29FN4O3. The molecule has 2 fully saturated rings. The van der Waals surface area contributed by atoms with Crippen molar-refractivity contribution >= 4 is 22.7 Å². The van der Waals surface area contributed by atoms with Gasteiger partial charge in [0, 0.05) is 43.8 Å². The van der Waals surface area contributed by atoms with Crippen LogP contribution in [0.4, 0.5) is 14.9 Å². The Bertz CT molecular complexity index is 1080. The van der Waals surface area contributed by atoms with Gasteiger partial charge in [0.15, 0.2) is 11.6 Å². The molecule has 2 aromatic rings. The van der Waals surface area contributed by atoms with Crippen LogP contribution in [0.1, 0.15) is 45.6 Å². The fourth-order valence-corrected chi connectivity index (χ4v) is 4.79. The highest BCUT2D eigenvalue weighted by atomic mass is 19.1. The number of anilines is 1. The molecule has 1 amide bonds. The van der Waals surface area contributed by atoms with E-state index in [1.807, 2.05) is 25.7 Å². The van der Waals surface area contributed by atoms with Crippen LogP contribution in [0.3, 0.4) is 0 Å². The molecule has 8 heteroatoms. The highest BCUT2D eigenvalue weighted by Crippen LogP contribution is 2.43. The lowest BCUT2D eigenvalue weighted by Crippen LogP contribution is -2.43. The summed E-state index contributed by atoms with van der Waals surface area (Å²) in [6.45, 7) is 8.46. The monoisotopic (exact) mass is 440 g/mol. The van der Waals surface area contributed by atoms with Crippen LogP contribution in [-0.2, 0) is 4.74 Å². The SMILES string of the molecule is COc1cc2ncc(C#N)c(N3CCC4(CCN(C(=O)OC(C)(C)C)C4)CC3)c2cc1F. The fraction of sp³-hybridized carbons (Fsp3) is 0.542. The predicted molar refractivity (Wildman–Crippen MR) is 119 cm³/mol. The van der Waals surface area contributed by atoms with Crippen LogP contribution in [0.5, 0.6) is 5.75 Å². The number of rotatable bonds is 2. The third-order valence-electron chi connectivity index (χ3n) is 6.46. The van der Waals surface area contributed by atoms with E-state index in [0.717, 1.165) is 38.0 Å². The largest absolute Gasteiger partial charge is 0.494 e. The van der Waals surface area contributed by atoms with Gasteiger partial charge < -0.3 is 19.3 Å². The van der Waals surface area contributed by atoms with E-state index in [4.69, 9.17) is 9.47 Å².